The number of allylic oxidation sites excluding steroid dienone is 4. The van der Waals surface area contributed by atoms with Gasteiger partial charge in [-0.3, -0.25) is 37.3 Å². The maximum absolute atomic E-state index is 13.0. The number of carbonyl (C=O) groups excluding carboxylic acids is 4. The molecular formula is C73H138O17P2. The summed E-state index contributed by atoms with van der Waals surface area (Å²) in [6.45, 7) is 11.8. The van der Waals surface area contributed by atoms with Crippen molar-refractivity contribution in [2.75, 3.05) is 39.6 Å². The second-order valence-corrected chi connectivity index (χ2v) is 29.7. The summed E-state index contributed by atoms with van der Waals surface area (Å²) in [4.78, 5) is 72.6. The maximum Gasteiger partial charge on any atom is 0.472 e. The van der Waals surface area contributed by atoms with Gasteiger partial charge in [-0.05, 0) is 69.1 Å². The summed E-state index contributed by atoms with van der Waals surface area (Å²) in [7, 11) is -9.92. The molecule has 0 saturated heterocycles. The average molecular weight is 1350 g/mol. The summed E-state index contributed by atoms with van der Waals surface area (Å²) < 4.78 is 68.4. The van der Waals surface area contributed by atoms with Crippen LogP contribution in [0.1, 0.15) is 344 Å². The number of aliphatic hydroxyl groups is 1. The molecule has 0 aliphatic rings. The molecule has 0 fully saturated rings. The molecule has 542 valence electrons. The quantitative estimate of drug-likeness (QED) is 0.0169. The van der Waals surface area contributed by atoms with Gasteiger partial charge in [-0.2, -0.15) is 0 Å². The fourth-order valence-corrected chi connectivity index (χ4v) is 12.1. The van der Waals surface area contributed by atoms with E-state index in [4.69, 9.17) is 37.0 Å². The number of esters is 4. The van der Waals surface area contributed by atoms with Crippen LogP contribution in [0.15, 0.2) is 24.3 Å². The van der Waals surface area contributed by atoms with Crippen molar-refractivity contribution in [1.29, 1.82) is 0 Å². The summed E-state index contributed by atoms with van der Waals surface area (Å²) in [5.74, 6) is 0.0913. The van der Waals surface area contributed by atoms with Gasteiger partial charge < -0.3 is 33.8 Å². The highest BCUT2D eigenvalue weighted by molar-refractivity contribution is 7.47. The molecule has 3 N–H and O–H groups in total. The number of carbonyl (C=O) groups is 4. The molecule has 0 aromatic rings. The second kappa shape index (κ2) is 63.3. The number of phosphoric ester groups is 2. The highest BCUT2D eigenvalue weighted by Crippen LogP contribution is 2.45. The van der Waals surface area contributed by atoms with E-state index in [1.54, 1.807) is 0 Å². The Kier molecular flexibility index (Phi) is 61.6. The molecule has 17 nitrogen and oxygen atoms in total. The highest BCUT2D eigenvalue weighted by Gasteiger charge is 2.30. The zero-order chi connectivity index (χ0) is 68.0. The smallest absolute Gasteiger partial charge is 0.462 e. The fraction of sp³-hybridized carbons (Fsp3) is 0.890. The molecule has 6 atom stereocenters. The third-order valence-electron chi connectivity index (χ3n) is 16.6. The molecule has 0 rings (SSSR count). The van der Waals surface area contributed by atoms with Crippen LogP contribution in [0.5, 0.6) is 0 Å². The van der Waals surface area contributed by atoms with Crippen LogP contribution < -0.4 is 0 Å². The molecule has 19 heteroatoms. The Morgan fingerprint density at radius 3 is 0.967 bits per heavy atom. The minimum Gasteiger partial charge on any atom is -0.462 e. The number of hydrogen-bond donors (Lipinski definition) is 3. The number of aliphatic hydroxyl groups excluding tert-OH is 1. The third kappa shape index (κ3) is 64.9. The van der Waals surface area contributed by atoms with Crippen LogP contribution in [0, 0.1) is 17.8 Å². The van der Waals surface area contributed by atoms with Gasteiger partial charge in [0.2, 0.25) is 0 Å². The topological polar surface area (TPSA) is 237 Å². The summed E-state index contributed by atoms with van der Waals surface area (Å²) in [6, 6.07) is 0. The number of ether oxygens (including phenoxy) is 4. The first-order valence-corrected chi connectivity index (χ1v) is 40.2. The summed E-state index contributed by atoms with van der Waals surface area (Å²) >= 11 is 0. The van der Waals surface area contributed by atoms with Crippen molar-refractivity contribution < 1.29 is 80.2 Å². The zero-order valence-electron chi connectivity index (χ0n) is 59.5. The van der Waals surface area contributed by atoms with Crippen LogP contribution in [0.25, 0.3) is 0 Å². The number of phosphoric acid groups is 2. The molecule has 0 aromatic carbocycles. The van der Waals surface area contributed by atoms with Crippen LogP contribution in [0.3, 0.4) is 0 Å². The Labute approximate surface area is 561 Å². The molecule has 0 radical (unpaired) electrons. The van der Waals surface area contributed by atoms with Crippen molar-refractivity contribution in [1.82, 2.24) is 0 Å². The van der Waals surface area contributed by atoms with Crippen LogP contribution in [0.4, 0.5) is 0 Å². The van der Waals surface area contributed by atoms with Crippen molar-refractivity contribution in [3.05, 3.63) is 24.3 Å². The van der Waals surface area contributed by atoms with Gasteiger partial charge in [0.25, 0.3) is 0 Å². The molecule has 0 spiro atoms. The van der Waals surface area contributed by atoms with E-state index >= 15 is 0 Å². The summed E-state index contributed by atoms with van der Waals surface area (Å²) in [5.41, 5.74) is 0. The van der Waals surface area contributed by atoms with E-state index in [1.165, 1.54) is 135 Å². The minimum atomic E-state index is -4.96. The summed E-state index contributed by atoms with van der Waals surface area (Å²) in [5, 5.41) is 10.6. The Morgan fingerprint density at radius 1 is 0.359 bits per heavy atom. The predicted molar refractivity (Wildman–Crippen MR) is 372 cm³/mol. The lowest BCUT2D eigenvalue weighted by Crippen LogP contribution is -2.30. The van der Waals surface area contributed by atoms with Gasteiger partial charge in [-0.25, -0.2) is 9.13 Å². The van der Waals surface area contributed by atoms with Crippen molar-refractivity contribution in [3.63, 3.8) is 0 Å². The van der Waals surface area contributed by atoms with Gasteiger partial charge in [0.05, 0.1) is 26.4 Å². The minimum absolute atomic E-state index is 0.0842. The average Bonchev–Trinajstić information content (AvgIpc) is 1.44. The molecule has 3 unspecified atom stereocenters. The first-order valence-electron chi connectivity index (χ1n) is 37.2. The Hall–Kier alpha value is -2.46. The molecule has 92 heavy (non-hydrogen) atoms. The van der Waals surface area contributed by atoms with Crippen molar-refractivity contribution >= 4 is 39.5 Å². The number of rotatable bonds is 69. The molecular weight excluding hydrogens is 1210 g/mol. The lowest BCUT2D eigenvalue weighted by Gasteiger charge is -2.21. The van der Waals surface area contributed by atoms with Crippen molar-refractivity contribution in [2.45, 2.75) is 362 Å². The van der Waals surface area contributed by atoms with Gasteiger partial charge in [0.15, 0.2) is 12.2 Å². The number of unbranched alkanes of at least 4 members (excludes halogenated alkanes) is 33. The molecule has 0 aliphatic carbocycles. The lowest BCUT2D eigenvalue weighted by atomic mass is 10.00. The monoisotopic (exact) mass is 1350 g/mol. The third-order valence-corrected chi connectivity index (χ3v) is 18.5. The van der Waals surface area contributed by atoms with Crippen LogP contribution in [-0.2, 0) is 65.4 Å². The van der Waals surface area contributed by atoms with Gasteiger partial charge in [0.1, 0.15) is 19.3 Å². The standard InChI is InChI=1S/C73H138O17P2/c1-8-10-11-12-13-14-15-16-17-18-22-27-33-42-49-56-72(77)89-68(60-83-70(75)54-47-40-32-29-24-26-31-38-45-52-65(5)6)62-87-91(79,80)85-58-67(74)59-86-92(81,82)88-63-69(61-84-71(76)55-48-41-36-35-39-46-53-66(7)9-2)90-73(78)57-50-43-34-28-23-20-19-21-25-30-37-44-51-64(3)4/h14-17,64-69,74H,8-13,18-63H2,1-7H3,(H,79,80)(H,81,82)/b15-14-,17-16-/t66?,67-,68-,69-/m1/s1. The van der Waals surface area contributed by atoms with Gasteiger partial charge in [0, 0.05) is 25.7 Å². The van der Waals surface area contributed by atoms with Gasteiger partial charge in [-0.1, -0.05) is 291 Å². The number of hydrogen-bond acceptors (Lipinski definition) is 15. The Morgan fingerprint density at radius 2 is 0.641 bits per heavy atom. The molecule has 0 bridgehead atoms. The first kappa shape index (κ1) is 89.5. The Bertz CT molecular complexity index is 1900. The van der Waals surface area contributed by atoms with Gasteiger partial charge in [-0.15, -0.1) is 0 Å². The van der Waals surface area contributed by atoms with E-state index in [2.05, 4.69) is 72.8 Å². The van der Waals surface area contributed by atoms with E-state index in [-0.39, 0.29) is 25.7 Å². The SMILES string of the molecule is CCCCCC/C=C\C=C/CCCCCCCC(=O)O[C@H](COC(=O)CCCCCCCCCCCC(C)C)COP(=O)(O)OC[C@@H](O)COP(=O)(O)OC[C@@H](COC(=O)CCCCCCCCC(C)CC)OC(=O)CCCCCCCCCCCCCCC(C)C. The molecule has 0 aliphatic heterocycles. The second-order valence-electron chi connectivity index (χ2n) is 26.8. The Balaban J connectivity index is 5.30. The molecule has 0 saturated carbocycles. The van der Waals surface area contributed by atoms with E-state index < -0.39 is 97.5 Å². The summed E-state index contributed by atoms with van der Waals surface area (Å²) in [6.07, 6.45) is 50.8. The van der Waals surface area contributed by atoms with Gasteiger partial charge >= 0.3 is 39.5 Å². The lowest BCUT2D eigenvalue weighted by molar-refractivity contribution is -0.161. The molecule has 0 aromatic heterocycles. The largest absolute Gasteiger partial charge is 0.472 e. The van der Waals surface area contributed by atoms with Crippen LogP contribution in [0.2, 0.25) is 0 Å². The first-order chi connectivity index (χ1) is 44.3. The highest BCUT2D eigenvalue weighted by atomic mass is 31.2. The van der Waals surface area contributed by atoms with E-state index in [9.17, 15) is 43.2 Å². The fourth-order valence-electron chi connectivity index (χ4n) is 10.5. The molecule has 0 heterocycles. The predicted octanol–water partition coefficient (Wildman–Crippen LogP) is 20.6. The van der Waals surface area contributed by atoms with E-state index in [0.29, 0.717) is 25.7 Å². The molecule has 0 amide bonds. The maximum atomic E-state index is 13.0. The van der Waals surface area contributed by atoms with E-state index in [1.807, 2.05) is 0 Å². The zero-order valence-corrected chi connectivity index (χ0v) is 61.3. The van der Waals surface area contributed by atoms with Crippen LogP contribution >= 0.6 is 15.6 Å². The van der Waals surface area contributed by atoms with Crippen molar-refractivity contribution in [2.24, 2.45) is 17.8 Å². The van der Waals surface area contributed by atoms with Crippen molar-refractivity contribution in [3.8, 4) is 0 Å². The van der Waals surface area contributed by atoms with E-state index in [0.717, 1.165) is 127 Å². The normalized spacial score (nSPS) is 14.6. The van der Waals surface area contributed by atoms with Crippen LogP contribution in [-0.4, -0.2) is 96.7 Å².